The van der Waals surface area contributed by atoms with Crippen LogP contribution in [0.1, 0.15) is 23.9 Å². The van der Waals surface area contributed by atoms with E-state index in [0.29, 0.717) is 6.54 Å². The predicted molar refractivity (Wildman–Crippen MR) is 66.9 cm³/mol. The number of piperazine rings is 1. The molecule has 0 saturated carbocycles. The van der Waals surface area contributed by atoms with Crippen LogP contribution in [-0.2, 0) is 16.1 Å². The lowest BCUT2D eigenvalue weighted by Crippen LogP contribution is -2.61. The van der Waals surface area contributed by atoms with E-state index in [4.69, 9.17) is 0 Å². The van der Waals surface area contributed by atoms with Crippen molar-refractivity contribution in [3.8, 4) is 0 Å². The molecule has 6 nitrogen and oxygen atoms in total. The van der Waals surface area contributed by atoms with E-state index in [0.717, 1.165) is 10.0 Å². The number of rotatable bonds is 2. The summed E-state index contributed by atoms with van der Waals surface area (Å²) in [5.41, 5.74) is 0. The molecular formula is C11H16N4O2S. The molecule has 0 radical (unpaired) electrons. The summed E-state index contributed by atoms with van der Waals surface area (Å²) in [7, 11) is 1.66. The Bertz CT molecular complexity index is 487. The van der Waals surface area contributed by atoms with Crippen LogP contribution in [0.25, 0.3) is 0 Å². The van der Waals surface area contributed by atoms with Crippen LogP contribution in [0.15, 0.2) is 0 Å². The van der Waals surface area contributed by atoms with Crippen molar-refractivity contribution in [2.24, 2.45) is 0 Å². The number of hydrogen-bond donors (Lipinski definition) is 0. The van der Waals surface area contributed by atoms with Gasteiger partial charge in [0.15, 0.2) is 0 Å². The van der Waals surface area contributed by atoms with Gasteiger partial charge in [-0.2, -0.15) is 0 Å². The van der Waals surface area contributed by atoms with Gasteiger partial charge in [-0.15, -0.1) is 10.2 Å². The first kappa shape index (κ1) is 12.9. The maximum Gasteiger partial charge on any atom is 0.246 e. The minimum absolute atomic E-state index is 0.0386. The average molecular weight is 268 g/mol. The third kappa shape index (κ3) is 2.10. The van der Waals surface area contributed by atoms with Gasteiger partial charge in [0.05, 0.1) is 6.54 Å². The fraction of sp³-hybridized carbons (Fsp3) is 0.636. The van der Waals surface area contributed by atoms with Crippen molar-refractivity contribution in [2.75, 3.05) is 7.05 Å². The molecule has 18 heavy (non-hydrogen) atoms. The van der Waals surface area contributed by atoms with Crippen LogP contribution >= 0.6 is 11.3 Å². The number of nitrogens with zero attached hydrogens (tertiary/aromatic N) is 4. The molecule has 0 unspecified atom stereocenters. The van der Waals surface area contributed by atoms with E-state index < -0.39 is 12.1 Å². The van der Waals surface area contributed by atoms with E-state index in [2.05, 4.69) is 10.2 Å². The van der Waals surface area contributed by atoms with Crippen molar-refractivity contribution in [3.05, 3.63) is 10.0 Å². The fourth-order valence-corrected chi connectivity index (χ4v) is 2.69. The second-order valence-corrected chi connectivity index (χ2v) is 5.75. The van der Waals surface area contributed by atoms with Crippen molar-refractivity contribution >= 4 is 23.2 Å². The molecule has 1 aliphatic heterocycles. The van der Waals surface area contributed by atoms with Gasteiger partial charge in [-0.1, -0.05) is 11.3 Å². The monoisotopic (exact) mass is 268 g/mol. The zero-order valence-corrected chi connectivity index (χ0v) is 11.7. The predicted octanol–water partition coefficient (Wildman–Crippen LogP) is 0.424. The molecular weight excluding hydrogens is 252 g/mol. The van der Waals surface area contributed by atoms with Gasteiger partial charge in [-0.25, -0.2) is 0 Å². The molecule has 0 spiro atoms. The van der Waals surface area contributed by atoms with E-state index in [9.17, 15) is 9.59 Å². The Morgan fingerprint density at radius 1 is 1.17 bits per heavy atom. The Labute approximate surface area is 110 Å². The quantitative estimate of drug-likeness (QED) is 0.780. The number of amides is 2. The molecule has 98 valence electrons. The van der Waals surface area contributed by atoms with Gasteiger partial charge in [-0.05, 0) is 20.8 Å². The van der Waals surface area contributed by atoms with Crippen LogP contribution in [0.2, 0.25) is 0 Å². The van der Waals surface area contributed by atoms with Crippen molar-refractivity contribution < 1.29 is 9.59 Å². The molecule has 2 amide bonds. The average Bonchev–Trinajstić information content (AvgIpc) is 2.75. The highest BCUT2D eigenvalue weighted by atomic mass is 32.1. The Morgan fingerprint density at radius 2 is 1.83 bits per heavy atom. The van der Waals surface area contributed by atoms with Crippen LogP contribution in [0, 0.1) is 6.92 Å². The lowest BCUT2D eigenvalue weighted by molar-refractivity contribution is -0.159. The van der Waals surface area contributed by atoms with E-state index in [1.165, 1.54) is 16.2 Å². The first-order valence-corrected chi connectivity index (χ1v) is 6.59. The number of aromatic nitrogens is 2. The fourth-order valence-electron chi connectivity index (χ4n) is 1.98. The second-order valence-electron chi connectivity index (χ2n) is 4.48. The summed E-state index contributed by atoms with van der Waals surface area (Å²) in [6.07, 6.45) is 0. The first-order valence-electron chi connectivity index (χ1n) is 5.78. The molecule has 1 saturated heterocycles. The van der Waals surface area contributed by atoms with Gasteiger partial charge in [0.25, 0.3) is 0 Å². The molecule has 0 aliphatic carbocycles. The van der Waals surface area contributed by atoms with Gasteiger partial charge in [0.1, 0.15) is 22.1 Å². The van der Waals surface area contributed by atoms with Gasteiger partial charge in [0, 0.05) is 7.05 Å². The highest BCUT2D eigenvalue weighted by Crippen LogP contribution is 2.20. The molecule has 0 aromatic carbocycles. The minimum atomic E-state index is -0.442. The Kier molecular flexibility index (Phi) is 3.34. The molecule has 1 aliphatic rings. The Morgan fingerprint density at radius 3 is 2.39 bits per heavy atom. The van der Waals surface area contributed by atoms with Crippen molar-refractivity contribution in [2.45, 2.75) is 39.4 Å². The summed E-state index contributed by atoms with van der Waals surface area (Å²) in [5, 5.41) is 9.54. The lowest BCUT2D eigenvalue weighted by Gasteiger charge is -2.40. The smallest absolute Gasteiger partial charge is 0.246 e. The molecule has 7 heteroatoms. The molecule has 1 aromatic heterocycles. The molecule has 2 heterocycles. The highest BCUT2D eigenvalue weighted by Gasteiger charge is 2.40. The van der Waals surface area contributed by atoms with Gasteiger partial charge in [0.2, 0.25) is 11.8 Å². The SMILES string of the molecule is Cc1nnc(CN2C(=O)[C@H](C)N(C)C(=O)[C@@H]2C)s1. The third-order valence-electron chi connectivity index (χ3n) is 3.27. The molecule has 1 fully saturated rings. The maximum atomic E-state index is 12.2. The Balaban J connectivity index is 2.20. The van der Waals surface area contributed by atoms with Crippen molar-refractivity contribution in [1.82, 2.24) is 20.0 Å². The van der Waals surface area contributed by atoms with E-state index >= 15 is 0 Å². The van der Waals surface area contributed by atoms with Crippen molar-refractivity contribution in [3.63, 3.8) is 0 Å². The van der Waals surface area contributed by atoms with Crippen LogP contribution in [0.4, 0.5) is 0 Å². The van der Waals surface area contributed by atoms with Crippen LogP contribution in [0.5, 0.6) is 0 Å². The first-order chi connectivity index (χ1) is 8.41. The molecule has 1 aromatic rings. The number of likely N-dealkylation sites (N-methyl/N-ethyl adjacent to an activating group) is 1. The highest BCUT2D eigenvalue weighted by molar-refractivity contribution is 7.11. The van der Waals surface area contributed by atoms with E-state index in [-0.39, 0.29) is 11.8 Å². The summed E-state index contributed by atoms with van der Waals surface area (Å²) in [5.74, 6) is -0.0826. The summed E-state index contributed by atoms with van der Waals surface area (Å²) in [6.45, 7) is 5.71. The molecule has 2 atom stereocenters. The van der Waals surface area contributed by atoms with Crippen LogP contribution in [-0.4, -0.2) is 50.9 Å². The number of aryl methyl sites for hydroxylation is 1. The van der Waals surface area contributed by atoms with Crippen LogP contribution < -0.4 is 0 Å². The lowest BCUT2D eigenvalue weighted by atomic mass is 10.1. The standard InChI is InChI=1S/C11H16N4O2S/c1-6-11(17)15(7(2)10(16)14(6)4)5-9-13-12-8(3)18-9/h6-7H,5H2,1-4H3/t6-,7-/m0/s1. The second kappa shape index (κ2) is 4.64. The summed E-state index contributed by atoms with van der Waals surface area (Å²) < 4.78 is 0. The number of hydrogen-bond acceptors (Lipinski definition) is 5. The largest absolute Gasteiger partial charge is 0.332 e. The zero-order chi connectivity index (χ0) is 13.4. The molecule has 0 N–H and O–H groups in total. The molecule has 2 rings (SSSR count). The molecule has 0 bridgehead atoms. The zero-order valence-electron chi connectivity index (χ0n) is 10.9. The minimum Gasteiger partial charge on any atom is -0.332 e. The van der Waals surface area contributed by atoms with Gasteiger partial charge >= 0.3 is 0 Å². The van der Waals surface area contributed by atoms with Gasteiger partial charge < -0.3 is 9.80 Å². The Hall–Kier alpha value is -1.50. The van der Waals surface area contributed by atoms with Gasteiger partial charge in [-0.3, -0.25) is 9.59 Å². The van der Waals surface area contributed by atoms with Crippen molar-refractivity contribution in [1.29, 1.82) is 0 Å². The third-order valence-corrected chi connectivity index (χ3v) is 4.09. The summed E-state index contributed by atoms with van der Waals surface area (Å²) in [6, 6.07) is -0.856. The topological polar surface area (TPSA) is 66.4 Å². The van der Waals surface area contributed by atoms with Crippen LogP contribution in [0.3, 0.4) is 0 Å². The number of carbonyl (C=O) groups is 2. The number of carbonyl (C=O) groups excluding carboxylic acids is 2. The summed E-state index contributed by atoms with van der Waals surface area (Å²) in [4.78, 5) is 27.2. The maximum absolute atomic E-state index is 12.2. The normalized spacial score (nSPS) is 24.9. The van der Waals surface area contributed by atoms with E-state index in [1.807, 2.05) is 6.92 Å². The van der Waals surface area contributed by atoms with E-state index in [1.54, 1.807) is 25.8 Å². The summed E-state index contributed by atoms with van der Waals surface area (Å²) >= 11 is 1.45.